The molecule has 0 amide bonds. The summed E-state index contributed by atoms with van der Waals surface area (Å²) in [7, 11) is 2.22. The van der Waals surface area contributed by atoms with Crippen molar-refractivity contribution in [1.29, 1.82) is 0 Å². The fourth-order valence-corrected chi connectivity index (χ4v) is 2.76. The second-order valence-electron chi connectivity index (χ2n) is 4.93. The highest BCUT2D eigenvalue weighted by atomic mass is 15.3. The molecule has 0 aromatic rings. The molecule has 2 N–H and O–H groups in total. The molecule has 0 aromatic heterocycles. The normalized spacial score (nSPS) is 29.6. The molecule has 0 spiro atoms. The summed E-state index contributed by atoms with van der Waals surface area (Å²) < 4.78 is 0. The van der Waals surface area contributed by atoms with E-state index in [1.54, 1.807) is 0 Å². The molecule has 2 rings (SSSR count). The minimum Gasteiger partial charge on any atom is -0.329 e. The molecule has 0 bridgehead atoms. The third kappa shape index (κ3) is 1.81. The number of nitrogens with two attached hydrogens (primary N) is 1. The van der Waals surface area contributed by atoms with Gasteiger partial charge in [0.2, 0.25) is 0 Å². The molecule has 2 aliphatic rings. The van der Waals surface area contributed by atoms with E-state index in [0.717, 1.165) is 6.54 Å². The van der Waals surface area contributed by atoms with Crippen LogP contribution in [0, 0.1) is 0 Å². The molecule has 14 heavy (non-hydrogen) atoms. The van der Waals surface area contributed by atoms with Crippen molar-refractivity contribution in [3.63, 3.8) is 0 Å². The highest BCUT2D eigenvalue weighted by molar-refractivity contribution is 4.99. The summed E-state index contributed by atoms with van der Waals surface area (Å²) in [5, 5.41) is 0. The molecule has 82 valence electrons. The van der Waals surface area contributed by atoms with E-state index in [1.165, 1.54) is 51.9 Å². The summed E-state index contributed by atoms with van der Waals surface area (Å²) in [6.45, 7) is 5.78. The fourth-order valence-electron chi connectivity index (χ4n) is 2.76. The zero-order chi connectivity index (χ0) is 10.0. The van der Waals surface area contributed by atoms with Crippen LogP contribution < -0.4 is 5.73 Å². The molecule has 3 nitrogen and oxygen atoms in total. The Bertz CT molecular complexity index is 183. The molecule has 1 aliphatic carbocycles. The highest BCUT2D eigenvalue weighted by Gasteiger charge is 2.41. The van der Waals surface area contributed by atoms with Crippen LogP contribution in [-0.2, 0) is 0 Å². The number of nitrogens with zero attached hydrogens (tertiary/aromatic N) is 2. The van der Waals surface area contributed by atoms with Crippen LogP contribution in [0.2, 0.25) is 0 Å². The average Bonchev–Trinajstić information content (AvgIpc) is 2.31. The van der Waals surface area contributed by atoms with Crippen molar-refractivity contribution in [2.75, 3.05) is 39.8 Å². The van der Waals surface area contributed by atoms with Gasteiger partial charge in [0.05, 0.1) is 0 Å². The Morgan fingerprint density at radius 2 is 1.86 bits per heavy atom. The van der Waals surface area contributed by atoms with Gasteiger partial charge in [0, 0.05) is 31.7 Å². The first kappa shape index (κ1) is 10.4. The Morgan fingerprint density at radius 1 is 1.07 bits per heavy atom. The van der Waals surface area contributed by atoms with Gasteiger partial charge in [0.1, 0.15) is 0 Å². The van der Waals surface area contributed by atoms with Crippen LogP contribution in [0.15, 0.2) is 0 Å². The van der Waals surface area contributed by atoms with E-state index in [1.807, 2.05) is 0 Å². The number of hydrogen-bond donors (Lipinski definition) is 1. The van der Waals surface area contributed by atoms with Gasteiger partial charge in [-0.25, -0.2) is 0 Å². The van der Waals surface area contributed by atoms with Gasteiger partial charge >= 0.3 is 0 Å². The van der Waals surface area contributed by atoms with Crippen molar-refractivity contribution in [2.24, 2.45) is 5.73 Å². The third-order valence-electron chi connectivity index (χ3n) is 4.05. The Morgan fingerprint density at radius 3 is 2.43 bits per heavy atom. The first-order valence-corrected chi connectivity index (χ1v) is 5.90. The number of rotatable bonds is 2. The SMILES string of the molecule is CN1CCCN(C2(CN)CCC2)CC1. The monoisotopic (exact) mass is 197 g/mol. The molecule has 0 atom stereocenters. The number of likely N-dealkylation sites (N-methyl/N-ethyl adjacent to an activating group) is 1. The summed E-state index contributed by atoms with van der Waals surface area (Å²) in [4.78, 5) is 5.09. The van der Waals surface area contributed by atoms with E-state index in [2.05, 4.69) is 16.8 Å². The lowest BCUT2D eigenvalue weighted by Crippen LogP contribution is -2.59. The second kappa shape index (κ2) is 4.17. The van der Waals surface area contributed by atoms with E-state index >= 15 is 0 Å². The van der Waals surface area contributed by atoms with E-state index in [4.69, 9.17) is 5.73 Å². The van der Waals surface area contributed by atoms with Gasteiger partial charge in [-0.05, 0) is 39.3 Å². The highest BCUT2D eigenvalue weighted by Crippen LogP contribution is 2.37. The molecule has 1 aliphatic heterocycles. The van der Waals surface area contributed by atoms with Gasteiger partial charge in [-0.3, -0.25) is 4.90 Å². The molecule has 0 unspecified atom stereocenters. The average molecular weight is 197 g/mol. The van der Waals surface area contributed by atoms with Crippen molar-refractivity contribution in [1.82, 2.24) is 9.80 Å². The van der Waals surface area contributed by atoms with Gasteiger partial charge in [0.25, 0.3) is 0 Å². The lowest BCUT2D eigenvalue weighted by molar-refractivity contribution is 0.0271. The van der Waals surface area contributed by atoms with Crippen molar-refractivity contribution in [3.05, 3.63) is 0 Å². The molecular formula is C11H23N3. The minimum atomic E-state index is 0.394. The van der Waals surface area contributed by atoms with E-state index in [0.29, 0.717) is 5.54 Å². The van der Waals surface area contributed by atoms with Crippen LogP contribution in [0.5, 0.6) is 0 Å². The Kier molecular flexibility index (Phi) is 3.10. The van der Waals surface area contributed by atoms with Gasteiger partial charge in [-0.1, -0.05) is 0 Å². The van der Waals surface area contributed by atoms with Crippen LogP contribution in [0.1, 0.15) is 25.7 Å². The van der Waals surface area contributed by atoms with Gasteiger partial charge < -0.3 is 10.6 Å². The lowest BCUT2D eigenvalue weighted by Gasteiger charge is -2.49. The van der Waals surface area contributed by atoms with Crippen molar-refractivity contribution >= 4 is 0 Å². The molecule has 0 radical (unpaired) electrons. The first-order chi connectivity index (χ1) is 6.77. The second-order valence-corrected chi connectivity index (χ2v) is 4.93. The van der Waals surface area contributed by atoms with E-state index < -0.39 is 0 Å². The first-order valence-electron chi connectivity index (χ1n) is 5.90. The van der Waals surface area contributed by atoms with Crippen LogP contribution in [0.3, 0.4) is 0 Å². The Hall–Kier alpha value is -0.120. The molecule has 3 heteroatoms. The minimum absolute atomic E-state index is 0.394. The van der Waals surface area contributed by atoms with Crippen molar-refractivity contribution < 1.29 is 0 Å². The maximum Gasteiger partial charge on any atom is 0.0332 e. The van der Waals surface area contributed by atoms with Crippen LogP contribution in [-0.4, -0.2) is 55.1 Å². The molecule has 2 fully saturated rings. The van der Waals surface area contributed by atoms with E-state index in [-0.39, 0.29) is 0 Å². The summed E-state index contributed by atoms with van der Waals surface area (Å²) in [6, 6.07) is 0. The maximum absolute atomic E-state index is 5.93. The topological polar surface area (TPSA) is 32.5 Å². The van der Waals surface area contributed by atoms with Crippen molar-refractivity contribution in [2.45, 2.75) is 31.2 Å². The third-order valence-corrected chi connectivity index (χ3v) is 4.05. The molecule has 1 saturated carbocycles. The summed E-state index contributed by atoms with van der Waals surface area (Å²) in [5.74, 6) is 0. The molecule has 1 saturated heterocycles. The van der Waals surface area contributed by atoms with Gasteiger partial charge in [-0.15, -0.1) is 0 Å². The summed E-state index contributed by atoms with van der Waals surface area (Å²) >= 11 is 0. The Balaban J connectivity index is 1.95. The summed E-state index contributed by atoms with van der Waals surface area (Å²) in [5.41, 5.74) is 6.32. The predicted molar refractivity (Wildman–Crippen MR) is 59.3 cm³/mol. The lowest BCUT2D eigenvalue weighted by atomic mass is 9.75. The standard InChI is InChI=1S/C11H23N3/c1-13-6-3-7-14(9-8-13)11(10-12)4-2-5-11/h2-10,12H2,1H3. The van der Waals surface area contributed by atoms with Gasteiger partial charge in [0.15, 0.2) is 0 Å². The number of hydrogen-bond acceptors (Lipinski definition) is 3. The van der Waals surface area contributed by atoms with E-state index in [9.17, 15) is 0 Å². The van der Waals surface area contributed by atoms with Crippen molar-refractivity contribution in [3.8, 4) is 0 Å². The summed E-state index contributed by atoms with van der Waals surface area (Å²) in [6.07, 6.45) is 5.34. The zero-order valence-electron chi connectivity index (χ0n) is 9.34. The van der Waals surface area contributed by atoms with Crippen LogP contribution in [0.25, 0.3) is 0 Å². The predicted octanol–water partition coefficient (Wildman–Crippen LogP) is 0.505. The van der Waals surface area contributed by atoms with Crippen LogP contribution in [0.4, 0.5) is 0 Å². The molecule has 1 heterocycles. The zero-order valence-corrected chi connectivity index (χ0v) is 9.34. The fraction of sp³-hybridized carbons (Fsp3) is 1.00. The quantitative estimate of drug-likeness (QED) is 0.700. The van der Waals surface area contributed by atoms with Crippen LogP contribution >= 0.6 is 0 Å². The smallest absolute Gasteiger partial charge is 0.0332 e. The van der Waals surface area contributed by atoms with Gasteiger partial charge in [-0.2, -0.15) is 0 Å². The maximum atomic E-state index is 5.93. The molecular weight excluding hydrogens is 174 g/mol. The Labute approximate surface area is 87.2 Å². The largest absolute Gasteiger partial charge is 0.329 e. The molecule has 0 aromatic carbocycles.